The molecule has 1 saturated heterocycles. The van der Waals surface area contributed by atoms with E-state index >= 15 is 0 Å². The molecule has 22 heavy (non-hydrogen) atoms. The minimum absolute atomic E-state index is 0.121. The van der Waals surface area contributed by atoms with Crippen LogP contribution < -0.4 is 10.2 Å². The van der Waals surface area contributed by atoms with Crippen LogP contribution in [-0.2, 0) is 13.1 Å². The summed E-state index contributed by atoms with van der Waals surface area (Å²) in [5.41, 5.74) is 1.84. The fourth-order valence-electron chi connectivity index (χ4n) is 2.90. The summed E-state index contributed by atoms with van der Waals surface area (Å²) in [7, 11) is 0. The third-order valence-corrected chi connectivity index (χ3v) is 4.34. The third kappa shape index (κ3) is 3.69. The molecule has 0 radical (unpaired) electrons. The van der Waals surface area contributed by atoms with Gasteiger partial charge in [0, 0.05) is 19.6 Å². The molecule has 1 fully saturated rings. The predicted octanol–water partition coefficient (Wildman–Crippen LogP) is 3.94. The summed E-state index contributed by atoms with van der Waals surface area (Å²) in [6, 6.07) is 9.22. The molecule has 4 heteroatoms. The van der Waals surface area contributed by atoms with Gasteiger partial charge in [-0.05, 0) is 48.6 Å². The zero-order valence-corrected chi connectivity index (χ0v) is 13.0. The van der Waals surface area contributed by atoms with E-state index in [1.54, 1.807) is 12.3 Å². The normalized spacial score (nSPS) is 16.2. The fraction of sp³-hybridized carbons (Fsp3) is 0.444. The number of rotatable bonds is 5. The quantitative estimate of drug-likeness (QED) is 0.906. The Morgan fingerprint density at radius 3 is 2.77 bits per heavy atom. The second-order valence-electron chi connectivity index (χ2n) is 6.14. The number of anilines is 1. The Morgan fingerprint density at radius 1 is 1.23 bits per heavy atom. The number of halogens is 1. The number of furan rings is 1. The van der Waals surface area contributed by atoms with Crippen molar-refractivity contribution in [1.82, 2.24) is 5.32 Å². The van der Waals surface area contributed by atoms with Crippen molar-refractivity contribution < 1.29 is 8.81 Å². The van der Waals surface area contributed by atoms with E-state index in [1.165, 1.54) is 0 Å². The van der Waals surface area contributed by atoms with E-state index in [2.05, 4.69) is 17.1 Å². The smallest absolute Gasteiger partial charge is 0.146 e. The van der Waals surface area contributed by atoms with Gasteiger partial charge in [-0.15, -0.1) is 0 Å². The van der Waals surface area contributed by atoms with Crippen molar-refractivity contribution in [2.24, 2.45) is 5.92 Å². The van der Waals surface area contributed by atoms with Crippen LogP contribution >= 0.6 is 0 Å². The average Bonchev–Trinajstić information content (AvgIpc) is 3.03. The van der Waals surface area contributed by atoms with Crippen LogP contribution in [-0.4, -0.2) is 13.1 Å². The van der Waals surface area contributed by atoms with Crippen LogP contribution in [0.2, 0.25) is 0 Å². The van der Waals surface area contributed by atoms with Gasteiger partial charge in [-0.3, -0.25) is 0 Å². The maximum absolute atomic E-state index is 14.1. The van der Waals surface area contributed by atoms with E-state index in [4.69, 9.17) is 4.42 Å². The van der Waals surface area contributed by atoms with Gasteiger partial charge in [-0.2, -0.15) is 0 Å². The highest BCUT2D eigenvalue weighted by Gasteiger charge is 2.18. The lowest BCUT2D eigenvalue weighted by molar-refractivity contribution is 0.434. The summed E-state index contributed by atoms with van der Waals surface area (Å²) in [5.74, 6) is 1.54. The largest absolute Gasteiger partial charge is 0.468 e. The highest BCUT2D eigenvalue weighted by Crippen LogP contribution is 2.26. The lowest BCUT2D eigenvalue weighted by Crippen LogP contribution is -2.33. The molecular formula is C18H23FN2O. The molecule has 3 rings (SSSR count). The van der Waals surface area contributed by atoms with Gasteiger partial charge in [0.15, 0.2) is 0 Å². The second kappa shape index (κ2) is 6.97. The van der Waals surface area contributed by atoms with Gasteiger partial charge >= 0.3 is 0 Å². The van der Waals surface area contributed by atoms with Crippen LogP contribution in [0.15, 0.2) is 41.0 Å². The highest BCUT2D eigenvalue weighted by atomic mass is 19.1. The lowest BCUT2D eigenvalue weighted by atomic mass is 9.98. The Labute approximate surface area is 131 Å². The highest BCUT2D eigenvalue weighted by molar-refractivity contribution is 5.50. The summed E-state index contributed by atoms with van der Waals surface area (Å²) in [4.78, 5) is 2.17. The van der Waals surface area contributed by atoms with E-state index < -0.39 is 0 Å². The molecule has 0 amide bonds. The molecule has 1 aliphatic rings. The summed E-state index contributed by atoms with van der Waals surface area (Å²) in [6.07, 6.45) is 3.95. The van der Waals surface area contributed by atoms with Crippen LogP contribution in [0.25, 0.3) is 0 Å². The SMILES string of the molecule is CC1CCN(c2cc(CNCc3ccco3)ccc2F)CC1. The van der Waals surface area contributed by atoms with Crippen molar-refractivity contribution in [3.05, 3.63) is 53.7 Å². The number of nitrogens with zero attached hydrogens (tertiary/aromatic N) is 1. The Bertz CT molecular complexity index is 589. The van der Waals surface area contributed by atoms with Crippen LogP contribution in [0.5, 0.6) is 0 Å². The molecule has 2 heterocycles. The van der Waals surface area contributed by atoms with Crippen LogP contribution in [0.4, 0.5) is 10.1 Å². The zero-order chi connectivity index (χ0) is 15.4. The van der Waals surface area contributed by atoms with Crippen molar-refractivity contribution in [1.29, 1.82) is 0 Å². The van der Waals surface area contributed by atoms with E-state index in [9.17, 15) is 4.39 Å². The first-order valence-corrected chi connectivity index (χ1v) is 7.99. The Kier molecular flexibility index (Phi) is 4.78. The first-order chi connectivity index (χ1) is 10.7. The molecule has 0 bridgehead atoms. The van der Waals surface area contributed by atoms with Crippen molar-refractivity contribution in [2.75, 3.05) is 18.0 Å². The van der Waals surface area contributed by atoms with Gasteiger partial charge in [0.1, 0.15) is 11.6 Å². The van der Waals surface area contributed by atoms with Crippen LogP contribution in [0, 0.1) is 11.7 Å². The van der Waals surface area contributed by atoms with Gasteiger partial charge in [-0.1, -0.05) is 13.0 Å². The minimum atomic E-state index is -0.121. The fourth-order valence-corrected chi connectivity index (χ4v) is 2.90. The maximum Gasteiger partial charge on any atom is 0.146 e. The Hall–Kier alpha value is -1.81. The number of benzene rings is 1. The topological polar surface area (TPSA) is 28.4 Å². The molecular weight excluding hydrogens is 279 g/mol. The Morgan fingerprint density at radius 2 is 2.05 bits per heavy atom. The molecule has 1 aromatic heterocycles. The van der Waals surface area contributed by atoms with Crippen LogP contribution in [0.3, 0.4) is 0 Å². The first-order valence-electron chi connectivity index (χ1n) is 7.99. The molecule has 0 atom stereocenters. The number of hydrogen-bond acceptors (Lipinski definition) is 3. The molecule has 0 spiro atoms. The van der Waals surface area contributed by atoms with E-state index in [0.717, 1.165) is 48.9 Å². The second-order valence-corrected chi connectivity index (χ2v) is 6.14. The van der Waals surface area contributed by atoms with E-state index in [-0.39, 0.29) is 5.82 Å². The van der Waals surface area contributed by atoms with Gasteiger partial charge in [0.25, 0.3) is 0 Å². The summed E-state index contributed by atoms with van der Waals surface area (Å²) < 4.78 is 19.4. The standard InChI is InChI=1S/C18H23FN2O/c1-14-6-8-21(9-7-14)18-11-15(4-5-17(18)19)12-20-13-16-3-2-10-22-16/h2-5,10-11,14,20H,6-9,12-13H2,1H3. The van der Waals surface area contributed by atoms with E-state index in [0.29, 0.717) is 13.1 Å². The lowest BCUT2D eigenvalue weighted by Gasteiger charge is -2.32. The van der Waals surface area contributed by atoms with Gasteiger partial charge < -0.3 is 14.6 Å². The van der Waals surface area contributed by atoms with E-state index in [1.807, 2.05) is 24.3 Å². The molecule has 1 N–H and O–H groups in total. The molecule has 1 aromatic carbocycles. The minimum Gasteiger partial charge on any atom is -0.468 e. The molecule has 0 aliphatic carbocycles. The molecule has 0 saturated carbocycles. The summed E-state index contributed by atoms with van der Waals surface area (Å²) in [6.45, 7) is 5.55. The van der Waals surface area contributed by atoms with Crippen molar-refractivity contribution in [3.8, 4) is 0 Å². The number of nitrogens with one attached hydrogen (secondary N) is 1. The summed E-state index contributed by atoms with van der Waals surface area (Å²) in [5, 5.41) is 3.33. The van der Waals surface area contributed by atoms with Crippen LogP contribution in [0.1, 0.15) is 31.1 Å². The molecule has 118 valence electrons. The first kappa shape index (κ1) is 15.1. The molecule has 0 unspecified atom stereocenters. The summed E-state index contributed by atoms with van der Waals surface area (Å²) >= 11 is 0. The number of hydrogen-bond donors (Lipinski definition) is 1. The van der Waals surface area contributed by atoms with Gasteiger partial charge in [0.05, 0.1) is 18.5 Å². The van der Waals surface area contributed by atoms with Crippen molar-refractivity contribution >= 4 is 5.69 Å². The van der Waals surface area contributed by atoms with Crippen molar-refractivity contribution in [3.63, 3.8) is 0 Å². The molecule has 1 aliphatic heterocycles. The molecule has 3 nitrogen and oxygen atoms in total. The van der Waals surface area contributed by atoms with Gasteiger partial charge in [-0.25, -0.2) is 4.39 Å². The van der Waals surface area contributed by atoms with Gasteiger partial charge in [0.2, 0.25) is 0 Å². The Balaban J connectivity index is 1.62. The number of piperidine rings is 1. The zero-order valence-electron chi connectivity index (χ0n) is 13.0. The average molecular weight is 302 g/mol. The molecule has 2 aromatic rings. The maximum atomic E-state index is 14.1. The predicted molar refractivity (Wildman–Crippen MR) is 86.3 cm³/mol. The third-order valence-electron chi connectivity index (χ3n) is 4.34. The monoisotopic (exact) mass is 302 g/mol. The van der Waals surface area contributed by atoms with Crippen molar-refractivity contribution in [2.45, 2.75) is 32.9 Å².